The molecule has 3 nitrogen and oxygen atoms in total. The molecule has 1 fully saturated rings. The van der Waals surface area contributed by atoms with Crippen molar-refractivity contribution in [2.75, 3.05) is 19.0 Å². The van der Waals surface area contributed by atoms with Crippen molar-refractivity contribution < 1.29 is 9.53 Å². The zero-order valence-corrected chi connectivity index (χ0v) is 12.6. The van der Waals surface area contributed by atoms with E-state index in [0.717, 1.165) is 25.9 Å². The quantitative estimate of drug-likeness (QED) is 0.723. The molecule has 0 bridgehead atoms. The standard InChI is InChI=1S/C14H20ClNO2S/c15-7-1-6-14(17)16(10-12-4-2-8-18-12)11-13-5-3-9-19-13/h3,5,9,12H,1-2,4,6-8,10-11H2. The van der Waals surface area contributed by atoms with Crippen molar-refractivity contribution in [3.05, 3.63) is 22.4 Å². The van der Waals surface area contributed by atoms with Gasteiger partial charge in [0.25, 0.3) is 0 Å². The lowest BCUT2D eigenvalue weighted by Gasteiger charge is -2.25. The maximum atomic E-state index is 12.2. The van der Waals surface area contributed by atoms with Crippen molar-refractivity contribution in [3.63, 3.8) is 0 Å². The van der Waals surface area contributed by atoms with Crippen LogP contribution in [-0.4, -0.2) is 35.9 Å². The van der Waals surface area contributed by atoms with E-state index in [1.807, 2.05) is 16.3 Å². The number of halogens is 1. The first-order valence-electron chi connectivity index (χ1n) is 6.77. The molecule has 0 aromatic carbocycles. The van der Waals surface area contributed by atoms with Gasteiger partial charge in [0.1, 0.15) is 0 Å². The second-order valence-electron chi connectivity index (χ2n) is 4.78. The number of hydrogen-bond donors (Lipinski definition) is 0. The van der Waals surface area contributed by atoms with Gasteiger partial charge in [-0.2, -0.15) is 0 Å². The van der Waals surface area contributed by atoms with Crippen LogP contribution in [0, 0.1) is 0 Å². The number of amides is 1. The van der Waals surface area contributed by atoms with Crippen molar-refractivity contribution in [1.29, 1.82) is 0 Å². The first-order chi connectivity index (χ1) is 9.29. The molecule has 0 saturated carbocycles. The molecule has 1 atom stereocenters. The van der Waals surface area contributed by atoms with E-state index in [0.29, 0.717) is 25.4 Å². The summed E-state index contributed by atoms with van der Waals surface area (Å²) in [7, 11) is 0. The predicted molar refractivity (Wildman–Crippen MR) is 78.7 cm³/mol. The third kappa shape index (κ3) is 4.79. The van der Waals surface area contributed by atoms with Gasteiger partial charge in [-0.25, -0.2) is 0 Å². The minimum absolute atomic E-state index is 0.185. The van der Waals surface area contributed by atoms with Gasteiger partial charge in [-0.15, -0.1) is 22.9 Å². The smallest absolute Gasteiger partial charge is 0.223 e. The molecule has 1 amide bonds. The number of carbonyl (C=O) groups is 1. The summed E-state index contributed by atoms with van der Waals surface area (Å²) in [5.41, 5.74) is 0. The summed E-state index contributed by atoms with van der Waals surface area (Å²) >= 11 is 7.36. The van der Waals surface area contributed by atoms with Crippen molar-refractivity contribution in [2.45, 2.75) is 38.3 Å². The van der Waals surface area contributed by atoms with Crippen LogP contribution in [0.4, 0.5) is 0 Å². The van der Waals surface area contributed by atoms with Crippen molar-refractivity contribution in [2.24, 2.45) is 0 Å². The summed E-state index contributed by atoms with van der Waals surface area (Å²) in [5, 5.41) is 2.04. The molecule has 1 saturated heterocycles. The Bertz CT molecular complexity index is 377. The minimum atomic E-state index is 0.185. The van der Waals surface area contributed by atoms with Gasteiger partial charge in [0.15, 0.2) is 0 Å². The van der Waals surface area contributed by atoms with Gasteiger partial charge in [0, 0.05) is 30.3 Å². The largest absolute Gasteiger partial charge is 0.376 e. The van der Waals surface area contributed by atoms with Crippen molar-refractivity contribution in [3.8, 4) is 0 Å². The SMILES string of the molecule is O=C(CCCCl)N(Cc1cccs1)CC1CCCO1. The fourth-order valence-electron chi connectivity index (χ4n) is 2.26. The molecule has 2 rings (SSSR count). The van der Waals surface area contributed by atoms with Gasteiger partial charge in [0.05, 0.1) is 12.6 Å². The van der Waals surface area contributed by atoms with E-state index < -0.39 is 0 Å². The van der Waals surface area contributed by atoms with Crippen LogP contribution >= 0.6 is 22.9 Å². The Kier molecular flexibility index (Phi) is 6.14. The second kappa shape index (κ2) is 7.88. The molecule has 0 radical (unpaired) electrons. The summed E-state index contributed by atoms with van der Waals surface area (Å²) in [4.78, 5) is 15.4. The van der Waals surface area contributed by atoms with Crippen LogP contribution in [0.1, 0.15) is 30.6 Å². The third-order valence-corrected chi connectivity index (χ3v) is 4.38. The highest BCUT2D eigenvalue weighted by Gasteiger charge is 2.22. The van der Waals surface area contributed by atoms with E-state index in [9.17, 15) is 4.79 Å². The molecule has 1 aromatic heterocycles. The van der Waals surface area contributed by atoms with Crippen molar-refractivity contribution in [1.82, 2.24) is 4.90 Å². The molecule has 19 heavy (non-hydrogen) atoms. The van der Waals surface area contributed by atoms with Crippen LogP contribution in [0.3, 0.4) is 0 Å². The average Bonchev–Trinajstić information content (AvgIpc) is 3.08. The molecule has 106 valence electrons. The molecular weight excluding hydrogens is 282 g/mol. The van der Waals surface area contributed by atoms with Crippen LogP contribution < -0.4 is 0 Å². The topological polar surface area (TPSA) is 29.5 Å². The zero-order chi connectivity index (χ0) is 13.5. The molecule has 5 heteroatoms. The van der Waals surface area contributed by atoms with E-state index in [4.69, 9.17) is 16.3 Å². The molecular formula is C14H20ClNO2S. The van der Waals surface area contributed by atoms with E-state index >= 15 is 0 Å². The molecule has 1 unspecified atom stereocenters. The van der Waals surface area contributed by atoms with Crippen LogP contribution in [0.2, 0.25) is 0 Å². The van der Waals surface area contributed by atoms with Crippen LogP contribution in [0.25, 0.3) is 0 Å². The van der Waals surface area contributed by atoms with Gasteiger partial charge in [-0.05, 0) is 30.7 Å². The lowest BCUT2D eigenvalue weighted by Crippen LogP contribution is -2.36. The Labute approximate surface area is 123 Å². The highest BCUT2D eigenvalue weighted by molar-refractivity contribution is 7.09. The van der Waals surface area contributed by atoms with Gasteiger partial charge in [-0.3, -0.25) is 4.79 Å². The molecule has 2 heterocycles. The van der Waals surface area contributed by atoms with Gasteiger partial charge in [0.2, 0.25) is 5.91 Å². The lowest BCUT2D eigenvalue weighted by molar-refractivity contribution is -0.133. The maximum absolute atomic E-state index is 12.2. The highest BCUT2D eigenvalue weighted by atomic mass is 35.5. The van der Waals surface area contributed by atoms with E-state index in [-0.39, 0.29) is 12.0 Å². The Morgan fingerprint density at radius 3 is 3.11 bits per heavy atom. The number of carbonyl (C=O) groups excluding carboxylic acids is 1. The number of rotatable bonds is 7. The summed E-state index contributed by atoms with van der Waals surface area (Å²) in [5.74, 6) is 0.725. The maximum Gasteiger partial charge on any atom is 0.223 e. The number of alkyl halides is 1. The van der Waals surface area contributed by atoms with Crippen molar-refractivity contribution >= 4 is 28.8 Å². The number of ether oxygens (including phenoxy) is 1. The zero-order valence-electron chi connectivity index (χ0n) is 11.0. The number of nitrogens with zero attached hydrogens (tertiary/aromatic N) is 1. The molecule has 1 aromatic rings. The molecule has 0 N–H and O–H groups in total. The van der Waals surface area contributed by atoms with Crippen LogP contribution in [0.5, 0.6) is 0 Å². The number of thiophene rings is 1. The minimum Gasteiger partial charge on any atom is -0.376 e. The molecule has 1 aliphatic rings. The molecule has 0 aliphatic carbocycles. The Morgan fingerprint density at radius 2 is 2.47 bits per heavy atom. The first-order valence-corrected chi connectivity index (χ1v) is 8.18. The predicted octanol–water partition coefficient (Wildman–Crippen LogP) is 3.27. The highest BCUT2D eigenvalue weighted by Crippen LogP contribution is 2.18. The van der Waals surface area contributed by atoms with E-state index in [1.165, 1.54) is 4.88 Å². The van der Waals surface area contributed by atoms with E-state index in [1.54, 1.807) is 11.3 Å². The fraction of sp³-hybridized carbons (Fsp3) is 0.643. The van der Waals surface area contributed by atoms with Crippen LogP contribution in [-0.2, 0) is 16.1 Å². The first kappa shape index (κ1) is 14.8. The second-order valence-corrected chi connectivity index (χ2v) is 6.19. The van der Waals surface area contributed by atoms with Gasteiger partial charge in [-0.1, -0.05) is 6.07 Å². The summed E-state index contributed by atoms with van der Waals surface area (Å²) in [6, 6.07) is 4.09. The Hall–Kier alpha value is -0.580. The molecule has 1 aliphatic heterocycles. The summed E-state index contributed by atoms with van der Waals surface area (Å²) in [6.07, 6.45) is 3.64. The Morgan fingerprint density at radius 1 is 1.58 bits per heavy atom. The fourth-order valence-corrected chi connectivity index (χ4v) is 3.11. The number of hydrogen-bond acceptors (Lipinski definition) is 3. The Balaban J connectivity index is 1.92. The molecule has 0 spiro atoms. The summed E-state index contributed by atoms with van der Waals surface area (Å²) < 4.78 is 5.64. The lowest BCUT2D eigenvalue weighted by atomic mass is 10.2. The third-order valence-electron chi connectivity index (χ3n) is 3.25. The normalized spacial score (nSPS) is 18.7. The van der Waals surface area contributed by atoms with Crippen LogP contribution in [0.15, 0.2) is 17.5 Å². The monoisotopic (exact) mass is 301 g/mol. The van der Waals surface area contributed by atoms with Gasteiger partial charge >= 0.3 is 0 Å². The van der Waals surface area contributed by atoms with E-state index in [2.05, 4.69) is 6.07 Å². The average molecular weight is 302 g/mol. The summed E-state index contributed by atoms with van der Waals surface area (Å²) in [6.45, 7) is 2.23. The van der Waals surface area contributed by atoms with Gasteiger partial charge < -0.3 is 9.64 Å².